The van der Waals surface area contributed by atoms with Crippen LogP contribution in [0, 0.1) is 5.92 Å². The number of aliphatic hydroxyl groups is 1. The number of carbonyl (C=O) groups is 3. The van der Waals surface area contributed by atoms with Gasteiger partial charge in [-0.05, 0) is 23.6 Å². The van der Waals surface area contributed by atoms with Crippen molar-refractivity contribution in [2.45, 2.75) is 32.0 Å². The van der Waals surface area contributed by atoms with E-state index < -0.39 is 36.0 Å². The molecular weight excluding hydrogens is 360 g/mol. The lowest BCUT2D eigenvalue weighted by molar-refractivity contribution is -0.145. The predicted octanol–water partition coefficient (Wildman–Crippen LogP) is 1.74. The van der Waals surface area contributed by atoms with Crippen LogP contribution in [0.15, 0.2) is 60.7 Å². The van der Waals surface area contributed by atoms with Crippen molar-refractivity contribution >= 4 is 17.8 Å². The normalized spacial score (nSPS) is 14.0. The van der Waals surface area contributed by atoms with Crippen LogP contribution in [0.1, 0.15) is 35.8 Å². The van der Waals surface area contributed by atoms with Gasteiger partial charge in [0, 0.05) is 5.56 Å². The van der Waals surface area contributed by atoms with E-state index in [9.17, 15) is 24.6 Å². The topological polar surface area (TPSA) is 116 Å². The summed E-state index contributed by atoms with van der Waals surface area (Å²) in [7, 11) is 0. The number of rotatable bonds is 8. The summed E-state index contributed by atoms with van der Waals surface area (Å²) in [5.41, 5.74) is 0.896. The first-order valence-corrected chi connectivity index (χ1v) is 8.93. The van der Waals surface area contributed by atoms with Crippen molar-refractivity contribution in [3.63, 3.8) is 0 Å². The van der Waals surface area contributed by atoms with Gasteiger partial charge in [0.25, 0.3) is 11.8 Å². The van der Waals surface area contributed by atoms with Crippen LogP contribution in [0.2, 0.25) is 0 Å². The van der Waals surface area contributed by atoms with Crippen molar-refractivity contribution in [2.75, 3.05) is 0 Å². The highest BCUT2D eigenvalue weighted by Crippen LogP contribution is 2.19. The van der Waals surface area contributed by atoms with Crippen LogP contribution >= 0.6 is 0 Å². The molecule has 2 amide bonds. The van der Waals surface area contributed by atoms with Crippen LogP contribution in [0.25, 0.3) is 0 Å². The van der Waals surface area contributed by atoms with Gasteiger partial charge in [0.1, 0.15) is 6.04 Å². The van der Waals surface area contributed by atoms with Gasteiger partial charge in [0.05, 0.1) is 6.04 Å². The van der Waals surface area contributed by atoms with Crippen LogP contribution < -0.4 is 10.6 Å². The average Bonchev–Trinajstić information content (AvgIpc) is 2.70. The Balaban J connectivity index is 2.25. The molecule has 7 heteroatoms. The number of aliphatic carboxylic acids is 1. The zero-order chi connectivity index (χ0) is 20.7. The Morgan fingerprint density at radius 1 is 0.857 bits per heavy atom. The van der Waals surface area contributed by atoms with Crippen molar-refractivity contribution in [3.8, 4) is 0 Å². The second kappa shape index (κ2) is 9.66. The summed E-state index contributed by atoms with van der Waals surface area (Å²) >= 11 is 0. The number of aliphatic hydroxyl groups excluding tert-OH is 1. The first kappa shape index (κ1) is 21.1. The minimum absolute atomic E-state index is 0.372. The maximum atomic E-state index is 12.5. The molecule has 0 radical (unpaired) electrons. The summed E-state index contributed by atoms with van der Waals surface area (Å²) in [6.07, 6.45) is -1.67. The van der Waals surface area contributed by atoms with Crippen molar-refractivity contribution < 1.29 is 24.6 Å². The maximum absolute atomic E-state index is 12.5. The first-order chi connectivity index (χ1) is 13.3. The molecular formula is C21H24N2O5. The molecule has 28 heavy (non-hydrogen) atoms. The zero-order valence-electron chi connectivity index (χ0n) is 15.7. The van der Waals surface area contributed by atoms with Crippen LogP contribution in [-0.2, 0) is 9.59 Å². The number of hydrogen-bond donors (Lipinski definition) is 4. The molecule has 2 rings (SSSR count). The van der Waals surface area contributed by atoms with E-state index in [1.807, 2.05) is 0 Å². The second-order valence-corrected chi connectivity index (χ2v) is 6.74. The van der Waals surface area contributed by atoms with Crippen molar-refractivity contribution in [3.05, 3.63) is 71.8 Å². The SMILES string of the molecule is CC(C)[C@@H](NC(=O)[C@H](O)[C@@H](NC(=O)c1ccccc1)c1ccccc1)C(=O)O. The molecule has 0 saturated carbocycles. The highest BCUT2D eigenvalue weighted by Gasteiger charge is 2.33. The molecule has 0 bridgehead atoms. The van der Waals surface area contributed by atoms with E-state index in [0.717, 1.165) is 0 Å². The van der Waals surface area contributed by atoms with Gasteiger partial charge in [-0.3, -0.25) is 9.59 Å². The minimum Gasteiger partial charge on any atom is -0.480 e. The zero-order valence-corrected chi connectivity index (χ0v) is 15.7. The minimum atomic E-state index is -1.67. The Kier molecular flexibility index (Phi) is 7.28. The number of hydrogen-bond acceptors (Lipinski definition) is 4. The van der Waals surface area contributed by atoms with Crippen LogP contribution in [0.4, 0.5) is 0 Å². The smallest absolute Gasteiger partial charge is 0.326 e. The van der Waals surface area contributed by atoms with Gasteiger partial charge in [0.15, 0.2) is 6.10 Å². The van der Waals surface area contributed by atoms with Crippen molar-refractivity contribution in [2.24, 2.45) is 5.92 Å². The van der Waals surface area contributed by atoms with E-state index in [1.165, 1.54) is 0 Å². The van der Waals surface area contributed by atoms with Gasteiger partial charge in [-0.25, -0.2) is 4.79 Å². The maximum Gasteiger partial charge on any atom is 0.326 e. The fourth-order valence-electron chi connectivity index (χ4n) is 2.72. The summed E-state index contributed by atoms with van der Waals surface area (Å²) in [6.45, 7) is 3.30. The van der Waals surface area contributed by atoms with Gasteiger partial charge in [-0.2, -0.15) is 0 Å². The number of carboxylic acids is 1. The van der Waals surface area contributed by atoms with Crippen molar-refractivity contribution in [1.29, 1.82) is 0 Å². The Hall–Kier alpha value is -3.19. The van der Waals surface area contributed by atoms with E-state index in [2.05, 4.69) is 10.6 Å². The molecule has 2 aromatic carbocycles. The van der Waals surface area contributed by atoms with E-state index >= 15 is 0 Å². The molecule has 7 nitrogen and oxygen atoms in total. The third-order valence-corrected chi connectivity index (χ3v) is 4.30. The van der Waals surface area contributed by atoms with Gasteiger partial charge in [-0.15, -0.1) is 0 Å². The van der Waals surface area contributed by atoms with Crippen LogP contribution in [-0.4, -0.2) is 40.1 Å². The fourth-order valence-corrected chi connectivity index (χ4v) is 2.72. The van der Waals surface area contributed by atoms with Crippen LogP contribution in [0.3, 0.4) is 0 Å². The summed E-state index contributed by atoms with van der Waals surface area (Å²) in [5.74, 6) is -2.90. The molecule has 0 aliphatic heterocycles. The quantitative estimate of drug-likeness (QED) is 0.553. The largest absolute Gasteiger partial charge is 0.480 e. The molecule has 0 aliphatic rings. The van der Waals surface area contributed by atoms with Gasteiger partial charge in [-0.1, -0.05) is 62.4 Å². The fraction of sp³-hybridized carbons (Fsp3) is 0.286. The van der Waals surface area contributed by atoms with E-state index in [0.29, 0.717) is 11.1 Å². The molecule has 4 N–H and O–H groups in total. The second-order valence-electron chi connectivity index (χ2n) is 6.74. The Labute approximate surface area is 163 Å². The van der Waals surface area contributed by atoms with Gasteiger partial charge >= 0.3 is 5.97 Å². The van der Waals surface area contributed by atoms with E-state index in [-0.39, 0.29) is 5.92 Å². The molecule has 3 atom stereocenters. The lowest BCUT2D eigenvalue weighted by atomic mass is 9.98. The van der Waals surface area contributed by atoms with E-state index in [1.54, 1.807) is 74.5 Å². The molecule has 2 aromatic rings. The Morgan fingerprint density at radius 2 is 1.39 bits per heavy atom. The summed E-state index contributed by atoms with van der Waals surface area (Å²) in [6, 6.07) is 14.8. The third-order valence-electron chi connectivity index (χ3n) is 4.30. The number of amides is 2. The summed E-state index contributed by atoms with van der Waals surface area (Å²) < 4.78 is 0. The molecule has 0 aliphatic carbocycles. The molecule has 0 unspecified atom stereocenters. The summed E-state index contributed by atoms with van der Waals surface area (Å²) in [5, 5.41) is 24.9. The number of nitrogens with one attached hydrogen (secondary N) is 2. The van der Waals surface area contributed by atoms with Crippen LogP contribution in [0.5, 0.6) is 0 Å². The third kappa shape index (κ3) is 5.40. The van der Waals surface area contributed by atoms with Crippen molar-refractivity contribution in [1.82, 2.24) is 10.6 Å². The Morgan fingerprint density at radius 3 is 1.89 bits per heavy atom. The number of benzene rings is 2. The predicted molar refractivity (Wildman–Crippen MR) is 104 cm³/mol. The standard InChI is InChI=1S/C21H24N2O5/c1-13(2)16(21(27)28)22-20(26)18(24)17(14-9-5-3-6-10-14)23-19(25)15-11-7-4-8-12-15/h3-13,16-18,24H,1-2H3,(H,22,26)(H,23,25)(H,27,28)/t16-,17+,18-/m1/s1. The van der Waals surface area contributed by atoms with E-state index in [4.69, 9.17) is 0 Å². The monoisotopic (exact) mass is 384 g/mol. The van der Waals surface area contributed by atoms with Gasteiger partial charge < -0.3 is 20.8 Å². The average molecular weight is 384 g/mol. The number of carbonyl (C=O) groups excluding carboxylic acids is 2. The highest BCUT2D eigenvalue weighted by atomic mass is 16.4. The molecule has 0 saturated heterocycles. The molecule has 0 heterocycles. The molecule has 0 spiro atoms. The lowest BCUT2D eigenvalue weighted by Crippen LogP contribution is -2.51. The highest BCUT2D eigenvalue weighted by molar-refractivity contribution is 5.95. The summed E-state index contributed by atoms with van der Waals surface area (Å²) in [4.78, 5) is 36.4. The molecule has 0 aromatic heterocycles. The first-order valence-electron chi connectivity index (χ1n) is 8.93. The molecule has 148 valence electrons. The lowest BCUT2D eigenvalue weighted by Gasteiger charge is -2.26. The Bertz CT molecular complexity index is 808. The van der Waals surface area contributed by atoms with Gasteiger partial charge in [0.2, 0.25) is 0 Å². The molecule has 0 fully saturated rings. The number of carboxylic acid groups (broad SMARTS) is 1.